The van der Waals surface area contributed by atoms with Crippen LogP contribution >= 0.6 is 0 Å². The van der Waals surface area contributed by atoms with Crippen molar-refractivity contribution in [2.75, 3.05) is 43.5 Å². The normalized spacial score (nSPS) is 19.7. The van der Waals surface area contributed by atoms with Gasteiger partial charge in [-0.3, -0.25) is 0 Å². The smallest absolute Gasteiger partial charge is 0.282 e. The Morgan fingerprint density at radius 1 is 1.25 bits per heavy atom. The lowest BCUT2D eigenvalue weighted by molar-refractivity contribution is -0.0270. The second-order valence-corrected chi connectivity index (χ2v) is 7.61. The molecule has 2 aliphatic rings. The molecule has 1 atom stereocenters. The van der Waals surface area contributed by atoms with Crippen molar-refractivity contribution in [1.82, 2.24) is 29.9 Å². The number of methoxy groups -OCH3 is 1. The number of imidazole rings is 1. The summed E-state index contributed by atoms with van der Waals surface area (Å²) in [5, 5.41) is 11.3. The van der Waals surface area contributed by atoms with E-state index in [0.29, 0.717) is 34.6 Å². The lowest BCUT2D eigenvalue weighted by atomic mass is 10.1. The van der Waals surface area contributed by atoms with Gasteiger partial charge in [-0.2, -0.15) is 0 Å². The fraction of sp³-hybridized carbons (Fsp3) is 0.524. The predicted octanol–water partition coefficient (Wildman–Crippen LogP) is 2.84. The standard InChI is InChI=1S/C19H22F2N8O.C2H6/c1-30-15-7-16-24-9-14(29(16)27-17(15)28-10-19(20,21)11-28)13-4-6-23-18(26-13)25-12-3-2-5-22-8-12;1-2/h4,6-7,9,12,22H,2-3,5,8,10-11H2,1H3,(H,23,25,26);1-2H3. The zero-order valence-corrected chi connectivity index (χ0v) is 18.5. The summed E-state index contributed by atoms with van der Waals surface area (Å²) in [5.41, 5.74) is 1.83. The average molecular weight is 447 g/mol. The molecule has 0 aliphatic carbocycles. The van der Waals surface area contributed by atoms with E-state index >= 15 is 0 Å². The van der Waals surface area contributed by atoms with E-state index in [1.165, 1.54) is 12.0 Å². The van der Waals surface area contributed by atoms with E-state index < -0.39 is 5.92 Å². The molecule has 0 bridgehead atoms. The van der Waals surface area contributed by atoms with Crippen molar-refractivity contribution in [3.63, 3.8) is 0 Å². The molecule has 0 saturated carbocycles. The van der Waals surface area contributed by atoms with Crippen LogP contribution in [-0.4, -0.2) is 69.8 Å². The molecule has 3 aromatic heterocycles. The van der Waals surface area contributed by atoms with E-state index in [9.17, 15) is 8.78 Å². The van der Waals surface area contributed by atoms with E-state index in [0.717, 1.165) is 25.9 Å². The molecule has 172 valence electrons. The zero-order chi connectivity index (χ0) is 22.7. The van der Waals surface area contributed by atoms with Gasteiger partial charge in [0.25, 0.3) is 5.92 Å². The van der Waals surface area contributed by atoms with E-state index in [1.54, 1.807) is 29.0 Å². The first-order chi connectivity index (χ1) is 15.5. The molecule has 2 aliphatic heterocycles. The molecule has 9 nitrogen and oxygen atoms in total. The van der Waals surface area contributed by atoms with Crippen molar-refractivity contribution in [3.8, 4) is 17.1 Å². The number of nitrogens with zero attached hydrogens (tertiary/aromatic N) is 6. The second-order valence-electron chi connectivity index (χ2n) is 7.61. The van der Waals surface area contributed by atoms with Crippen molar-refractivity contribution >= 4 is 17.4 Å². The van der Waals surface area contributed by atoms with Gasteiger partial charge in [-0.05, 0) is 25.5 Å². The third-order valence-electron chi connectivity index (χ3n) is 5.35. The zero-order valence-electron chi connectivity index (χ0n) is 18.5. The van der Waals surface area contributed by atoms with E-state index in [-0.39, 0.29) is 19.1 Å². The number of hydrogen-bond donors (Lipinski definition) is 2. The number of fused-ring (bicyclic) bond motifs is 1. The van der Waals surface area contributed by atoms with Crippen LogP contribution in [0.25, 0.3) is 17.0 Å². The molecule has 2 saturated heterocycles. The van der Waals surface area contributed by atoms with Gasteiger partial charge in [0.2, 0.25) is 5.95 Å². The molecule has 5 heterocycles. The highest BCUT2D eigenvalue weighted by Crippen LogP contribution is 2.36. The second kappa shape index (κ2) is 9.19. The molecule has 5 rings (SSSR count). The number of halogens is 2. The minimum Gasteiger partial charge on any atom is -0.493 e. The number of piperidine rings is 1. The number of aromatic nitrogens is 5. The molecule has 0 radical (unpaired) electrons. The predicted molar refractivity (Wildman–Crippen MR) is 119 cm³/mol. The van der Waals surface area contributed by atoms with Gasteiger partial charge in [-0.25, -0.2) is 28.2 Å². The Morgan fingerprint density at radius 3 is 2.75 bits per heavy atom. The van der Waals surface area contributed by atoms with Crippen LogP contribution in [0, 0.1) is 0 Å². The van der Waals surface area contributed by atoms with Gasteiger partial charge < -0.3 is 20.3 Å². The summed E-state index contributed by atoms with van der Waals surface area (Å²) < 4.78 is 33.7. The van der Waals surface area contributed by atoms with Crippen LogP contribution in [0.15, 0.2) is 24.5 Å². The molecule has 11 heteroatoms. The van der Waals surface area contributed by atoms with Crippen molar-refractivity contribution in [2.24, 2.45) is 0 Å². The topological polar surface area (TPSA) is 92.5 Å². The van der Waals surface area contributed by atoms with Gasteiger partial charge in [0.1, 0.15) is 5.69 Å². The number of anilines is 2. The number of alkyl halides is 2. The maximum Gasteiger partial charge on any atom is 0.282 e. The molecular weight excluding hydrogens is 418 g/mol. The Hall–Kier alpha value is -3.08. The summed E-state index contributed by atoms with van der Waals surface area (Å²) >= 11 is 0. The minimum atomic E-state index is -2.71. The van der Waals surface area contributed by atoms with Gasteiger partial charge in [-0.15, -0.1) is 5.10 Å². The molecule has 2 fully saturated rings. The summed E-state index contributed by atoms with van der Waals surface area (Å²) in [6, 6.07) is 3.74. The fourth-order valence-corrected chi connectivity index (χ4v) is 3.82. The summed E-state index contributed by atoms with van der Waals surface area (Å²) in [6.45, 7) is 5.13. The summed E-state index contributed by atoms with van der Waals surface area (Å²) in [7, 11) is 1.49. The maximum atomic E-state index is 13.4. The van der Waals surface area contributed by atoms with Crippen LogP contribution in [-0.2, 0) is 0 Å². The Balaban J connectivity index is 0.00000119. The Morgan fingerprint density at radius 2 is 2.06 bits per heavy atom. The largest absolute Gasteiger partial charge is 0.493 e. The van der Waals surface area contributed by atoms with E-state index in [2.05, 4.69) is 30.7 Å². The van der Waals surface area contributed by atoms with Crippen molar-refractivity contribution < 1.29 is 13.5 Å². The summed E-state index contributed by atoms with van der Waals surface area (Å²) in [5.74, 6) is -1.41. The highest BCUT2D eigenvalue weighted by molar-refractivity contribution is 5.65. The van der Waals surface area contributed by atoms with Gasteiger partial charge in [0.15, 0.2) is 17.2 Å². The highest BCUT2D eigenvalue weighted by Gasteiger charge is 2.45. The van der Waals surface area contributed by atoms with Crippen molar-refractivity contribution in [2.45, 2.75) is 38.7 Å². The van der Waals surface area contributed by atoms with Crippen LogP contribution in [0.3, 0.4) is 0 Å². The molecule has 0 amide bonds. The third kappa shape index (κ3) is 4.43. The molecule has 32 heavy (non-hydrogen) atoms. The monoisotopic (exact) mass is 446 g/mol. The highest BCUT2D eigenvalue weighted by atomic mass is 19.3. The Labute approximate surface area is 185 Å². The average Bonchev–Trinajstić information content (AvgIpc) is 3.21. The molecule has 0 spiro atoms. The van der Waals surface area contributed by atoms with Crippen LogP contribution < -0.4 is 20.3 Å². The fourth-order valence-electron chi connectivity index (χ4n) is 3.82. The molecular formula is C21H28F2N8O. The Bertz CT molecular complexity index is 1060. The van der Waals surface area contributed by atoms with Gasteiger partial charge in [0.05, 0.1) is 32.1 Å². The molecule has 0 aromatic carbocycles. The number of hydrogen-bond acceptors (Lipinski definition) is 8. The van der Waals surface area contributed by atoms with Crippen LogP contribution in [0.4, 0.5) is 20.5 Å². The maximum absolute atomic E-state index is 13.4. The number of rotatable bonds is 5. The first-order valence-electron chi connectivity index (χ1n) is 10.9. The molecule has 1 unspecified atom stereocenters. The van der Waals surface area contributed by atoms with Crippen molar-refractivity contribution in [1.29, 1.82) is 0 Å². The lowest BCUT2D eigenvalue weighted by Crippen LogP contribution is -2.56. The van der Waals surface area contributed by atoms with E-state index in [1.807, 2.05) is 13.8 Å². The molecule has 2 N–H and O–H groups in total. The summed E-state index contributed by atoms with van der Waals surface area (Å²) in [4.78, 5) is 14.8. The van der Waals surface area contributed by atoms with Crippen LogP contribution in [0.2, 0.25) is 0 Å². The number of nitrogens with one attached hydrogen (secondary N) is 2. The first-order valence-corrected chi connectivity index (χ1v) is 10.9. The van der Waals surface area contributed by atoms with Gasteiger partial charge in [0, 0.05) is 24.8 Å². The van der Waals surface area contributed by atoms with Crippen molar-refractivity contribution in [3.05, 3.63) is 24.5 Å². The SMILES string of the molecule is CC.COc1cc2ncc(-c3ccnc(NC4CCCNC4)n3)n2nc1N1CC(F)(F)C1. The quantitative estimate of drug-likeness (QED) is 0.618. The Kier molecular flexibility index (Phi) is 6.35. The van der Waals surface area contributed by atoms with Crippen LogP contribution in [0.1, 0.15) is 26.7 Å². The van der Waals surface area contributed by atoms with Crippen LogP contribution in [0.5, 0.6) is 5.75 Å². The molecule has 3 aromatic rings. The summed E-state index contributed by atoms with van der Waals surface area (Å²) in [6.07, 6.45) is 5.50. The minimum absolute atomic E-state index is 0.276. The van der Waals surface area contributed by atoms with Gasteiger partial charge in [-0.1, -0.05) is 13.8 Å². The van der Waals surface area contributed by atoms with Gasteiger partial charge >= 0.3 is 0 Å². The number of ether oxygens (including phenoxy) is 1. The lowest BCUT2D eigenvalue weighted by Gasteiger charge is -2.39. The third-order valence-corrected chi connectivity index (χ3v) is 5.35. The first kappa shape index (κ1) is 22.1. The van der Waals surface area contributed by atoms with E-state index in [4.69, 9.17) is 4.74 Å².